The molecule has 0 atom stereocenters. The highest BCUT2D eigenvalue weighted by Gasteiger charge is 2.20. The fourth-order valence-corrected chi connectivity index (χ4v) is 2.96. The number of carbonyl (C=O) groups is 1. The van der Waals surface area contributed by atoms with Crippen LogP contribution in [0.3, 0.4) is 0 Å². The molecule has 2 heterocycles. The van der Waals surface area contributed by atoms with Crippen LogP contribution in [0.4, 0.5) is 5.82 Å². The first-order valence-electron chi connectivity index (χ1n) is 7.19. The van der Waals surface area contributed by atoms with Gasteiger partial charge in [0.05, 0.1) is 11.3 Å². The number of amides is 1. The number of nitrogens with zero attached hydrogens (tertiary/aromatic N) is 3. The van der Waals surface area contributed by atoms with Crippen molar-refractivity contribution in [1.29, 1.82) is 0 Å². The Hall–Kier alpha value is -1.82. The number of carbonyl (C=O) groups excluding carboxylic acids is 1. The molecule has 2 aromatic rings. The van der Waals surface area contributed by atoms with Crippen molar-refractivity contribution in [3.05, 3.63) is 24.3 Å². The van der Waals surface area contributed by atoms with Crippen LogP contribution in [0.25, 0.3) is 10.9 Å². The summed E-state index contributed by atoms with van der Waals surface area (Å²) in [5.74, 6) is 1.42. The third kappa shape index (κ3) is 3.10. The highest BCUT2D eigenvalue weighted by Crippen LogP contribution is 2.24. The van der Waals surface area contributed by atoms with Crippen LogP contribution < -0.4 is 5.32 Å². The van der Waals surface area contributed by atoms with Crippen LogP contribution in [0.5, 0.6) is 0 Å². The number of aromatic nitrogens is 2. The number of anilines is 1. The van der Waals surface area contributed by atoms with Crippen LogP contribution in [-0.2, 0) is 4.79 Å². The van der Waals surface area contributed by atoms with Crippen molar-refractivity contribution in [2.75, 3.05) is 30.7 Å². The van der Waals surface area contributed by atoms with E-state index < -0.39 is 0 Å². The number of fused-ring (bicyclic) bond motifs is 1. The minimum atomic E-state index is 0.174. The molecule has 1 fully saturated rings. The topological polar surface area (TPSA) is 58.1 Å². The average Bonchev–Trinajstić information content (AvgIpc) is 2.44. The maximum absolute atomic E-state index is 11.9. The molecule has 110 valence electrons. The van der Waals surface area contributed by atoms with Gasteiger partial charge in [0.1, 0.15) is 5.82 Å². The van der Waals surface area contributed by atoms with Gasteiger partial charge in [-0.1, -0.05) is 23.9 Å². The normalized spacial score (nSPS) is 14.0. The minimum Gasteiger partial charge on any atom is -0.370 e. The number of hydrogen-bond donors (Lipinski definition) is 1. The zero-order valence-corrected chi connectivity index (χ0v) is 12.8. The van der Waals surface area contributed by atoms with E-state index in [-0.39, 0.29) is 5.91 Å². The van der Waals surface area contributed by atoms with Crippen LogP contribution in [0, 0.1) is 0 Å². The Kier molecular flexibility index (Phi) is 4.24. The summed E-state index contributed by atoms with van der Waals surface area (Å²) >= 11 is 1.41. The molecule has 0 unspecified atom stereocenters. The standard InChI is InChI=1S/C15H18N4OS/c1-2-16-14-11-6-3-4-7-12(11)17-15(18-14)21-10-13(20)19-8-5-9-19/h3-4,6-7H,2,5,8-10H2,1H3,(H,16,17,18). The molecular weight excluding hydrogens is 284 g/mol. The van der Waals surface area contributed by atoms with Crippen molar-refractivity contribution in [2.45, 2.75) is 18.5 Å². The van der Waals surface area contributed by atoms with Crippen molar-refractivity contribution in [2.24, 2.45) is 0 Å². The van der Waals surface area contributed by atoms with E-state index in [1.807, 2.05) is 36.1 Å². The summed E-state index contributed by atoms with van der Waals surface area (Å²) in [6.07, 6.45) is 1.12. The fourth-order valence-electron chi connectivity index (χ4n) is 2.21. The SMILES string of the molecule is CCNc1nc(SCC(=O)N2CCC2)nc2ccccc12. The number of nitrogens with one attached hydrogen (secondary N) is 1. The Labute approximate surface area is 128 Å². The zero-order valence-electron chi connectivity index (χ0n) is 12.0. The van der Waals surface area contributed by atoms with Gasteiger partial charge in [0, 0.05) is 25.0 Å². The Morgan fingerprint density at radius 2 is 2.14 bits per heavy atom. The Bertz CT molecular complexity index is 657. The first-order valence-corrected chi connectivity index (χ1v) is 8.17. The van der Waals surface area contributed by atoms with Crippen molar-refractivity contribution in [3.8, 4) is 0 Å². The monoisotopic (exact) mass is 302 g/mol. The molecule has 3 rings (SSSR count). The molecule has 1 amide bonds. The van der Waals surface area contributed by atoms with E-state index in [1.54, 1.807) is 0 Å². The van der Waals surface area contributed by atoms with Gasteiger partial charge in [-0.25, -0.2) is 9.97 Å². The highest BCUT2D eigenvalue weighted by molar-refractivity contribution is 7.99. The predicted molar refractivity (Wildman–Crippen MR) is 85.6 cm³/mol. The number of hydrogen-bond acceptors (Lipinski definition) is 5. The zero-order chi connectivity index (χ0) is 14.7. The second-order valence-corrected chi connectivity index (χ2v) is 5.87. The summed E-state index contributed by atoms with van der Waals surface area (Å²) in [6, 6.07) is 7.92. The molecule has 1 aromatic heterocycles. The third-order valence-electron chi connectivity index (χ3n) is 3.46. The summed E-state index contributed by atoms with van der Waals surface area (Å²) in [6.45, 7) is 4.62. The first kappa shape index (κ1) is 14.1. The summed E-state index contributed by atoms with van der Waals surface area (Å²) in [7, 11) is 0. The summed E-state index contributed by atoms with van der Waals surface area (Å²) in [5, 5.41) is 4.93. The van der Waals surface area contributed by atoms with Crippen LogP contribution >= 0.6 is 11.8 Å². The van der Waals surface area contributed by atoms with Crippen molar-refractivity contribution < 1.29 is 4.79 Å². The first-order chi connectivity index (χ1) is 10.3. The van der Waals surface area contributed by atoms with Crippen LogP contribution in [0.2, 0.25) is 0 Å². The molecule has 0 saturated carbocycles. The lowest BCUT2D eigenvalue weighted by Gasteiger charge is -2.30. The number of rotatable bonds is 5. The van der Waals surface area contributed by atoms with E-state index in [2.05, 4.69) is 15.3 Å². The summed E-state index contributed by atoms with van der Waals surface area (Å²) < 4.78 is 0. The van der Waals surface area contributed by atoms with Crippen LogP contribution in [0.15, 0.2) is 29.4 Å². The van der Waals surface area contributed by atoms with Crippen LogP contribution in [-0.4, -0.2) is 46.2 Å². The van der Waals surface area contributed by atoms with E-state index in [4.69, 9.17) is 0 Å². The van der Waals surface area contributed by atoms with Gasteiger partial charge in [0.15, 0.2) is 5.16 Å². The smallest absolute Gasteiger partial charge is 0.233 e. The Balaban J connectivity index is 1.79. The summed E-state index contributed by atoms with van der Waals surface area (Å²) in [5.41, 5.74) is 0.905. The molecule has 1 saturated heterocycles. The fraction of sp³-hybridized carbons (Fsp3) is 0.400. The molecule has 6 heteroatoms. The molecule has 1 N–H and O–H groups in total. The molecular formula is C15H18N4OS. The molecule has 0 spiro atoms. The molecule has 1 aromatic carbocycles. The van der Waals surface area contributed by atoms with Gasteiger partial charge in [-0.05, 0) is 25.5 Å². The highest BCUT2D eigenvalue weighted by atomic mass is 32.2. The van der Waals surface area contributed by atoms with Gasteiger partial charge >= 0.3 is 0 Å². The van der Waals surface area contributed by atoms with E-state index in [1.165, 1.54) is 11.8 Å². The Morgan fingerprint density at radius 3 is 2.86 bits per heavy atom. The van der Waals surface area contributed by atoms with Gasteiger partial charge in [-0.15, -0.1) is 0 Å². The third-order valence-corrected chi connectivity index (χ3v) is 4.29. The van der Waals surface area contributed by atoms with E-state index in [0.717, 1.165) is 42.8 Å². The maximum atomic E-state index is 11.9. The molecule has 21 heavy (non-hydrogen) atoms. The van der Waals surface area contributed by atoms with Gasteiger partial charge in [-0.3, -0.25) is 4.79 Å². The lowest BCUT2D eigenvalue weighted by molar-refractivity contribution is -0.131. The molecule has 0 bridgehead atoms. The Morgan fingerprint density at radius 1 is 1.33 bits per heavy atom. The van der Waals surface area contributed by atoms with Crippen molar-refractivity contribution in [3.63, 3.8) is 0 Å². The lowest BCUT2D eigenvalue weighted by Crippen LogP contribution is -2.43. The largest absolute Gasteiger partial charge is 0.370 e. The minimum absolute atomic E-state index is 0.174. The molecule has 1 aliphatic heterocycles. The maximum Gasteiger partial charge on any atom is 0.233 e. The average molecular weight is 302 g/mol. The molecule has 0 aliphatic carbocycles. The summed E-state index contributed by atoms with van der Waals surface area (Å²) in [4.78, 5) is 22.9. The second kappa shape index (κ2) is 6.30. The van der Waals surface area contributed by atoms with Crippen molar-refractivity contribution >= 4 is 34.4 Å². The number of para-hydroxylation sites is 1. The van der Waals surface area contributed by atoms with Gasteiger partial charge < -0.3 is 10.2 Å². The van der Waals surface area contributed by atoms with Gasteiger partial charge in [-0.2, -0.15) is 0 Å². The molecule has 0 radical (unpaired) electrons. The van der Waals surface area contributed by atoms with Crippen LogP contribution in [0.1, 0.15) is 13.3 Å². The molecule has 1 aliphatic rings. The van der Waals surface area contributed by atoms with E-state index >= 15 is 0 Å². The van der Waals surface area contributed by atoms with Gasteiger partial charge in [0.2, 0.25) is 5.91 Å². The second-order valence-electron chi connectivity index (χ2n) is 4.93. The van der Waals surface area contributed by atoms with E-state index in [9.17, 15) is 4.79 Å². The van der Waals surface area contributed by atoms with Crippen molar-refractivity contribution in [1.82, 2.24) is 14.9 Å². The number of likely N-dealkylation sites (tertiary alicyclic amines) is 1. The van der Waals surface area contributed by atoms with Gasteiger partial charge in [0.25, 0.3) is 0 Å². The molecule has 5 nitrogen and oxygen atoms in total. The lowest BCUT2D eigenvalue weighted by atomic mass is 10.2. The number of thioether (sulfide) groups is 1. The predicted octanol–water partition coefficient (Wildman–Crippen LogP) is 2.39. The van der Waals surface area contributed by atoms with E-state index in [0.29, 0.717) is 10.9 Å². The quantitative estimate of drug-likeness (QED) is 0.679. The number of benzene rings is 1.